The molecule has 2 atom stereocenters. The summed E-state index contributed by atoms with van der Waals surface area (Å²) < 4.78 is 0. The van der Waals surface area contributed by atoms with E-state index in [1.807, 2.05) is 0 Å². The minimum atomic E-state index is 0.505. The maximum Gasteiger partial charge on any atom is 0.0320 e. The second kappa shape index (κ2) is 5.46. The van der Waals surface area contributed by atoms with Crippen LogP contribution in [0.3, 0.4) is 0 Å². The fourth-order valence-electron chi connectivity index (χ4n) is 2.47. The Morgan fingerprint density at radius 3 is 2.69 bits per heavy atom. The summed E-state index contributed by atoms with van der Waals surface area (Å²) >= 11 is 0. The van der Waals surface area contributed by atoms with E-state index in [9.17, 15) is 0 Å². The lowest BCUT2D eigenvalue weighted by Crippen LogP contribution is -2.21. The average molecular weight is 218 g/mol. The van der Waals surface area contributed by atoms with Crippen LogP contribution in [-0.2, 0) is 0 Å². The number of hydrogen-bond donors (Lipinski definition) is 2. The zero-order chi connectivity index (χ0) is 11.4. The molecule has 1 aromatic rings. The molecule has 0 aliphatic carbocycles. The lowest BCUT2D eigenvalue weighted by atomic mass is 9.94. The van der Waals surface area contributed by atoms with Gasteiger partial charge in [0, 0.05) is 6.04 Å². The molecule has 0 bridgehead atoms. The molecule has 2 unspecified atom stereocenters. The molecule has 0 spiro atoms. The Balaban J connectivity index is 2.00. The third kappa shape index (κ3) is 2.83. The lowest BCUT2D eigenvalue weighted by Gasteiger charge is -2.20. The van der Waals surface area contributed by atoms with Gasteiger partial charge in [0.15, 0.2) is 0 Å². The van der Waals surface area contributed by atoms with Crippen LogP contribution < -0.4 is 10.6 Å². The minimum absolute atomic E-state index is 0.505. The summed E-state index contributed by atoms with van der Waals surface area (Å²) in [4.78, 5) is 0. The van der Waals surface area contributed by atoms with Crippen LogP contribution in [0, 0.1) is 12.8 Å². The van der Waals surface area contributed by atoms with Crippen molar-refractivity contribution in [2.75, 3.05) is 20.1 Å². The van der Waals surface area contributed by atoms with Crippen molar-refractivity contribution >= 4 is 0 Å². The van der Waals surface area contributed by atoms with Crippen molar-refractivity contribution in [3.8, 4) is 0 Å². The molecule has 0 radical (unpaired) electrons. The smallest absolute Gasteiger partial charge is 0.0320 e. The van der Waals surface area contributed by atoms with E-state index in [-0.39, 0.29) is 0 Å². The summed E-state index contributed by atoms with van der Waals surface area (Å²) in [5.74, 6) is 0.832. The first-order valence-corrected chi connectivity index (χ1v) is 6.24. The predicted octanol–water partition coefficient (Wildman–Crippen LogP) is 2.26. The largest absolute Gasteiger partial charge is 0.316 e. The third-order valence-electron chi connectivity index (χ3n) is 3.56. The van der Waals surface area contributed by atoms with Gasteiger partial charge in [0.2, 0.25) is 0 Å². The normalized spacial score (nSPS) is 22.2. The summed E-state index contributed by atoms with van der Waals surface area (Å²) in [6, 6.07) is 9.40. The van der Waals surface area contributed by atoms with Crippen molar-refractivity contribution in [3.05, 3.63) is 35.4 Å². The first kappa shape index (κ1) is 11.6. The molecule has 1 aliphatic rings. The Bertz CT molecular complexity index is 312. The molecule has 88 valence electrons. The topological polar surface area (TPSA) is 24.1 Å². The van der Waals surface area contributed by atoms with Gasteiger partial charge in [0.25, 0.3) is 0 Å². The fourth-order valence-corrected chi connectivity index (χ4v) is 2.47. The summed E-state index contributed by atoms with van der Waals surface area (Å²) in [5.41, 5.74) is 2.75. The maximum atomic E-state index is 3.44. The number of nitrogens with one attached hydrogen (secondary N) is 2. The molecule has 0 saturated carbocycles. The molecule has 16 heavy (non-hydrogen) atoms. The van der Waals surface area contributed by atoms with E-state index in [0.29, 0.717) is 6.04 Å². The molecule has 2 rings (SSSR count). The van der Waals surface area contributed by atoms with Gasteiger partial charge < -0.3 is 10.6 Å². The first-order chi connectivity index (χ1) is 7.79. The molecule has 0 aromatic heterocycles. The Morgan fingerprint density at radius 2 is 2.12 bits per heavy atom. The van der Waals surface area contributed by atoms with Gasteiger partial charge in [-0.05, 0) is 51.4 Å². The molecular formula is C14H22N2. The maximum absolute atomic E-state index is 3.44. The zero-order valence-corrected chi connectivity index (χ0v) is 10.3. The first-order valence-electron chi connectivity index (χ1n) is 6.24. The van der Waals surface area contributed by atoms with Gasteiger partial charge in [-0.25, -0.2) is 0 Å². The van der Waals surface area contributed by atoms with Crippen molar-refractivity contribution < 1.29 is 0 Å². The molecule has 1 saturated heterocycles. The average Bonchev–Trinajstić information content (AvgIpc) is 2.80. The fraction of sp³-hybridized carbons (Fsp3) is 0.571. The van der Waals surface area contributed by atoms with Crippen LogP contribution >= 0.6 is 0 Å². The van der Waals surface area contributed by atoms with Crippen LogP contribution in [0.4, 0.5) is 0 Å². The van der Waals surface area contributed by atoms with Crippen LogP contribution in [0.5, 0.6) is 0 Å². The highest BCUT2D eigenvalue weighted by molar-refractivity contribution is 5.24. The van der Waals surface area contributed by atoms with Crippen molar-refractivity contribution in [1.29, 1.82) is 0 Å². The molecule has 2 heteroatoms. The van der Waals surface area contributed by atoms with E-state index in [1.54, 1.807) is 0 Å². The van der Waals surface area contributed by atoms with Gasteiger partial charge in [0.05, 0.1) is 0 Å². The summed E-state index contributed by atoms with van der Waals surface area (Å²) in [6.07, 6.45) is 2.57. The Hall–Kier alpha value is -0.860. The summed E-state index contributed by atoms with van der Waals surface area (Å²) in [6.45, 7) is 4.51. The highest BCUT2D eigenvalue weighted by Gasteiger charge is 2.19. The van der Waals surface area contributed by atoms with Gasteiger partial charge in [-0.1, -0.05) is 29.8 Å². The van der Waals surface area contributed by atoms with Crippen LogP contribution in [0.2, 0.25) is 0 Å². The number of rotatable bonds is 4. The lowest BCUT2D eigenvalue weighted by molar-refractivity contribution is 0.430. The van der Waals surface area contributed by atoms with Gasteiger partial charge in [-0.15, -0.1) is 0 Å². The van der Waals surface area contributed by atoms with E-state index in [4.69, 9.17) is 0 Å². The molecule has 1 aliphatic heterocycles. The quantitative estimate of drug-likeness (QED) is 0.810. The van der Waals surface area contributed by atoms with Gasteiger partial charge in [-0.2, -0.15) is 0 Å². The van der Waals surface area contributed by atoms with Crippen LogP contribution in [0.15, 0.2) is 24.3 Å². The molecule has 2 N–H and O–H groups in total. The van der Waals surface area contributed by atoms with Gasteiger partial charge in [0.1, 0.15) is 0 Å². The Labute approximate surface area is 98.4 Å². The van der Waals surface area contributed by atoms with E-state index in [2.05, 4.69) is 48.9 Å². The Morgan fingerprint density at radius 1 is 1.38 bits per heavy atom. The van der Waals surface area contributed by atoms with Crippen molar-refractivity contribution in [2.24, 2.45) is 5.92 Å². The van der Waals surface area contributed by atoms with Crippen molar-refractivity contribution in [3.63, 3.8) is 0 Å². The van der Waals surface area contributed by atoms with Crippen molar-refractivity contribution in [1.82, 2.24) is 10.6 Å². The molecular weight excluding hydrogens is 196 g/mol. The van der Waals surface area contributed by atoms with Crippen LogP contribution in [0.1, 0.15) is 30.0 Å². The third-order valence-corrected chi connectivity index (χ3v) is 3.56. The molecule has 0 amide bonds. The molecule has 2 nitrogen and oxygen atoms in total. The van der Waals surface area contributed by atoms with Gasteiger partial charge >= 0.3 is 0 Å². The highest BCUT2D eigenvalue weighted by atomic mass is 14.9. The Kier molecular flexibility index (Phi) is 3.97. The zero-order valence-electron chi connectivity index (χ0n) is 10.3. The van der Waals surface area contributed by atoms with Gasteiger partial charge in [-0.3, -0.25) is 0 Å². The summed E-state index contributed by atoms with van der Waals surface area (Å²) in [7, 11) is 2.06. The van der Waals surface area contributed by atoms with E-state index >= 15 is 0 Å². The number of benzene rings is 1. The highest BCUT2D eigenvalue weighted by Crippen LogP contribution is 2.24. The monoisotopic (exact) mass is 218 g/mol. The second-order valence-corrected chi connectivity index (χ2v) is 4.85. The standard InChI is InChI=1S/C14H22N2/c1-11-3-5-13(6-4-11)14(15-2)9-12-7-8-16-10-12/h3-6,12,14-16H,7-10H2,1-2H3. The predicted molar refractivity (Wildman–Crippen MR) is 68.6 cm³/mol. The van der Waals surface area contributed by atoms with E-state index in [0.717, 1.165) is 5.92 Å². The van der Waals surface area contributed by atoms with E-state index < -0.39 is 0 Å². The summed E-state index contributed by atoms with van der Waals surface area (Å²) in [5, 5.41) is 6.87. The number of hydrogen-bond acceptors (Lipinski definition) is 2. The van der Waals surface area contributed by atoms with Crippen LogP contribution in [-0.4, -0.2) is 20.1 Å². The van der Waals surface area contributed by atoms with Crippen molar-refractivity contribution in [2.45, 2.75) is 25.8 Å². The SMILES string of the molecule is CNC(CC1CCNC1)c1ccc(C)cc1. The minimum Gasteiger partial charge on any atom is -0.316 e. The second-order valence-electron chi connectivity index (χ2n) is 4.85. The molecule has 1 aromatic carbocycles. The number of aryl methyl sites for hydroxylation is 1. The molecule has 1 fully saturated rings. The van der Waals surface area contributed by atoms with E-state index in [1.165, 1.54) is 37.1 Å². The van der Waals surface area contributed by atoms with Crippen LogP contribution in [0.25, 0.3) is 0 Å². The molecule has 1 heterocycles.